The molecule has 1 aliphatic rings. The van der Waals surface area contributed by atoms with Crippen molar-refractivity contribution in [3.8, 4) is 11.8 Å². The van der Waals surface area contributed by atoms with Crippen LogP contribution in [0.3, 0.4) is 0 Å². The van der Waals surface area contributed by atoms with E-state index in [-0.39, 0.29) is 30.8 Å². The fourth-order valence-electron chi connectivity index (χ4n) is 4.22. The molecule has 9 heteroatoms. The first-order valence-electron chi connectivity index (χ1n) is 13.0. The van der Waals surface area contributed by atoms with E-state index >= 15 is 0 Å². The van der Waals surface area contributed by atoms with Crippen LogP contribution in [0, 0.1) is 11.8 Å². The van der Waals surface area contributed by atoms with Crippen molar-refractivity contribution in [1.82, 2.24) is 15.5 Å². The summed E-state index contributed by atoms with van der Waals surface area (Å²) in [6.45, 7) is 2.36. The molecule has 0 bridgehead atoms. The predicted octanol–water partition coefficient (Wildman–Crippen LogP) is 2.89. The van der Waals surface area contributed by atoms with Crippen LogP contribution >= 0.6 is 25.3 Å². The third-order valence-corrected chi connectivity index (χ3v) is 6.57. The number of anilines is 1. The number of carbonyl (C=O) groups is 3. The molecule has 3 rings (SSSR count). The topological polar surface area (TPSA) is 81.8 Å². The van der Waals surface area contributed by atoms with Crippen molar-refractivity contribution in [1.29, 1.82) is 0 Å². The third-order valence-electron chi connectivity index (χ3n) is 6.15. The highest BCUT2D eigenvalue weighted by molar-refractivity contribution is 7.80. The Kier molecular flexibility index (Phi) is 12.6. The van der Waals surface area contributed by atoms with E-state index in [0.717, 1.165) is 41.6 Å². The van der Waals surface area contributed by atoms with Gasteiger partial charge in [-0.2, -0.15) is 25.3 Å². The number of nitrogens with one attached hydrogen (secondary N) is 2. The molecule has 2 N–H and O–H groups in total. The molecule has 0 saturated heterocycles. The van der Waals surface area contributed by atoms with Crippen molar-refractivity contribution in [2.45, 2.75) is 32.2 Å². The number of amides is 3. The van der Waals surface area contributed by atoms with Crippen LogP contribution in [-0.4, -0.2) is 66.9 Å². The minimum Gasteiger partial charge on any atom is -0.355 e. The number of fused-ring (bicyclic) bond motifs is 2. The van der Waals surface area contributed by atoms with Crippen molar-refractivity contribution in [3.63, 3.8) is 0 Å². The molecule has 202 valence electrons. The number of thiol groups is 2. The van der Waals surface area contributed by atoms with E-state index in [0.29, 0.717) is 44.1 Å². The van der Waals surface area contributed by atoms with Gasteiger partial charge in [0.25, 0.3) is 0 Å². The summed E-state index contributed by atoms with van der Waals surface area (Å²) >= 11 is 8.31. The van der Waals surface area contributed by atoms with E-state index in [1.54, 1.807) is 4.90 Å². The Morgan fingerprint density at radius 2 is 1.47 bits per heavy atom. The lowest BCUT2D eigenvalue weighted by Gasteiger charge is -2.26. The summed E-state index contributed by atoms with van der Waals surface area (Å²) in [5, 5.41) is 5.68. The van der Waals surface area contributed by atoms with Crippen LogP contribution in [0.4, 0.5) is 5.69 Å². The van der Waals surface area contributed by atoms with Crippen molar-refractivity contribution in [3.05, 3.63) is 65.2 Å². The molecule has 0 radical (unpaired) electrons. The first kappa shape index (κ1) is 29.6. The molecule has 0 saturated carbocycles. The molecule has 1 heterocycles. The van der Waals surface area contributed by atoms with Crippen LogP contribution in [0.2, 0.25) is 0 Å². The highest BCUT2D eigenvalue weighted by Crippen LogP contribution is 2.26. The zero-order valence-corrected chi connectivity index (χ0v) is 23.4. The third kappa shape index (κ3) is 9.43. The van der Waals surface area contributed by atoms with Crippen molar-refractivity contribution in [2.75, 3.05) is 49.1 Å². The molecule has 0 fully saturated rings. The maximum absolute atomic E-state index is 13.3. The number of benzene rings is 2. The Morgan fingerprint density at radius 3 is 2.21 bits per heavy atom. The minimum absolute atomic E-state index is 0.0681. The largest absolute Gasteiger partial charge is 0.355 e. The summed E-state index contributed by atoms with van der Waals surface area (Å²) < 4.78 is 0. The molecule has 7 nitrogen and oxygen atoms in total. The quantitative estimate of drug-likeness (QED) is 0.165. The van der Waals surface area contributed by atoms with Gasteiger partial charge in [0.2, 0.25) is 17.7 Å². The molecule has 1 aliphatic heterocycles. The van der Waals surface area contributed by atoms with Crippen LogP contribution in [0.25, 0.3) is 0 Å². The van der Waals surface area contributed by atoms with E-state index in [2.05, 4.69) is 47.7 Å². The molecule has 3 amide bonds. The summed E-state index contributed by atoms with van der Waals surface area (Å²) in [6, 6.07) is 15.7. The molecule has 2 aromatic rings. The van der Waals surface area contributed by atoms with E-state index < -0.39 is 0 Å². The monoisotopic (exact) mass is 552 g/mol. The smallest absolute Gasteiger partial charge is 0.234 e. The number of hydrogen-bond donors (Lipinski definition) is 4. The van der Waals surface area contributed by atoms with Gasteiger partial charge in [-0.05, 0) is 36.6 Å². The van der Waals surface area contributed by atoms with E-state index in [9.17, 15) is 14.4 Å². The average Bonchev–Trinajstić information content (AvgIpc) is 2.90. The first-order valence-corrected chi connectivity index (χ1v) is 14.2. The highest BCUT2D eigenvalue weighted by atomic mass is 32.1. The van der Waals surface area contributed by atoms with Gasteiger partial charge in [-0.25, -0.2) is 0 Å². The summed E-state index contributed by atoms with van der Waals surface area (Å²) in [7, 11) is 0. The second-order valence-corrected chi connectivity index (χ2v) is 9.97. The van der Waals surface area contributed by atoms with Crippen LogP contribution < -0.4 is 15.5 Å². The Labute approximate surface area is 236 Å². The number of rotatable bonds is 14. The highest BCUT2D eigenvalue weighted by Gasteiger charge is 2.20. The van der Waals surface area contributed by atoms with Crippen molar-refractivity contribution < 1.29 is 14.4 Å². The minimum atomic E-state index is -0.128. The predicted molar refractivity (Wildman–Crippen MR) is 159 cm³/mol. The van der Waals surface area contributed by atoms with Gasteiger partial charge in [0, 0.05) is 48.7 Å². The van der Waals surface area contributed by atoms with Crippen LogP contribution in [0.1, 0.15) is 42.4 Å². The first-order chi connectivity index (χ1) is 18.5. The maximum Gasteiger partial charge on any atom is 0.234 e. The van der Waals surface area contributed by atoms with Crippen LogP contribution in [0.15, 0.2) is 48.5 Å². The molecule has 0 unspecified atom stereocenters. The van der Waals surface area contributed by atoms with Gasteiger partial charge in [0.05, 0.1) is 25.3 Å². The molecular formula is C29H36N4O3S2. The SMILES string of the molecule is O=C(CN(CCS)CC(=O)NCCCCCC(=O)N1Cc2ccccc2C#Cc2ccccc21)NCCS. The molecule has 0 aliphatic carbocycles. The van der Waals surface area contributed by atoms with Gasteiger partial charge < -0.3 is 15.5 Å². The Balaban J connectivity index is 1.43. The molecule has 0 spiro atoms. The standard InChI is InChI=1S/C29H36N4O3S2/c34-27(21-32(17-19-38)22-28(35)31-16-18-37)30-15-7-1-2-12-29(36)33-20-25-10-4-3-8-23(25)13-14-24-9-5-6-11-26(24)33/h3-6,8-11,37-38H,1-2,7,12,15-22H2,(H,30,34)(H,31,35). The van der Waals surface area contributed by atoms with Gasteiger partial charge in [-0.15, -0.1) is 0 Å². The molecular weight excluding hydrogens is 516 g/mol. The van der Waals surface area contributed by atoms with E-state index in [4.69, 9.17) is 0 Å². The summed E-state index contributed by atoms with van der Waals surface area (Å²) in [5.41, 5.74) is 3.68. The zero-order valence-electron chi connectivity index (χ0n) is 21.6. The molecule has 2 aromatic carbocycles. The Hall–Kier alpha value is -2.93. The second-order valence-electron chi connectivity index (χ2n) is 9.07. The fraction of sp³-hybridized carbons (Fsp3) is 0.414. The number of nitrogens with zero attached hydrogens (tertiary/aromatic N) is 2. The average molecular weight is 553 g/mol. The summed E-state index contributed by atoms with van der Waals surface area (Å²) in [6.07, 6.45) is 2.76. The molecule has 0 atom stereocenters. The second kappa shape index (κ2) is 16.1. The normalized spacial score (nSPS) is 11.9. The Bertz CT molecular complexity index is 1160. The number of para-hydroxylation sites is 1. The summed E-state index contributed by atoms with van der Waals surface area (Å²) in [5.74, 6) is 7.41. The van der Waals surface area contributed by atoms with Crippen LogP contribution in [-0.2, 0) is 20.9 Å². The molecule has 38 heavy (non-hydrogen) atoms. The van der Waals surface area contributed by atoms with Crippen molar-refractivity contribution in [2.24, 2.45) is 0 Å². The molecule has 0 aromatic heterocycles. The lowest BCUT2D eigenvalue weighted by molar-refractivity contribution is -0.125. The summed E-state index contributed by atoms with van der Waals surface area (Å²) in [4.78, 5) is 41.2. The van der Waals surface area contributed by atoms with Gasteiger partial charge in [0.1, 0.15) is 0 Å². The number of unbranched alkanes of at least 4 members (excludes halogenated alkanes) is 2. The number of hydrogen-bond acceptors (Lipinski definition) is 6. The maximum atomic E-state index is 13.3. The van der Waals surface area contributed by atoms with Gasteiger partial charge in [-0.3, -0.25) is 19.3 Å². The Morgan fingerprint density at radius 1 is 0.816 bits per heavy atom. The van der Waals surface area contributed by atoms with Gasteiger partial charge in [-0.1, -0.05) is 48.6 Å². The van der Waals surface area contributed by atoms with Crippen molar-refractivity contribution >= 4 is 48.7 Å². The van der Waals surface area contributed by atoms with E-state index in [1.165, 1.54) is 0 Å². The van der Waals surface area contributed by atoms with Gasteiger partial charge in [0.15, 0.2) is 0 Å². The van der Waals surface area contributed by atoms with Gasteiger partial charge >= 0.3 is 0 Å². The lowest BCUT2D eigenvalue weighted by atomic mass is 10.0. The zero-order chi connectivity index (χ0) is 27.2. The van der Waals surface area contributed by atoms with E-state index in [1.807, 2.05) is 53.4 Å². The lowest BCUT2D eigenvalue weighted by Crippen LogP contribution is -2.44. The fourth-order valence-corrected chi connectivity index (χ4v) is 4.61. The van der Waals surface area contributed by atoms with Crippen LogP contribution in [0.5, 0.6) is 0 Å². The number of carbonyl (C=O) groups excluding carboxylic acids is 3.